The fourth-order valence-electron chi connectivity index (χ4n) is 2.75. The van der Waals surface area contributed by atoms with E-state index < -0.39 is 11.7 Å². The summed E-state index contributed by atoms with van der Waals surface area (Å²) >= 11 is 12.1. The Labute approximate surface area is 154 Å². The summed E-state index contributed by atoms with van der Waals surface area (Å²) < 4.78 is 14.3. The summed E-state index contributed by atoms with van der Waals surface area (Å²) in [4.78, 5) is 27.7. The highest BCUT2D eigenvalue weighted by atomic mass is 35.5. The standard InChI is InChI=1S/C18H15Cl2FN2O2/c19-12-7-8-14(20)13(10-12)18(25)23(11-22-9-3-6-17(22)24)16-5-2-1-4-15(16)21/h1-2,4-5,7-8,10H,3,6,9,11H2. The maximum atomic E-state index is 14.3. The Morgan fingerprint density at radius 3 is 2.64 bits per heavy atom. The van der Waals surface area contributed by atoms with Crippen LogP contribution in [0.3, 0.4) is 0 Å². The first kappa shape index (κ1) is 17.7. The molecule has 0 atom stereocenters. The first-order valence-electron chi connectivity index (χ1n) is 7.76. The third kappa shape index (κ3) is 3.78. The maximum Gasteiger partial charge on any atom is 0.261 e. The Balaban J connectivity index is 2.01. The van der Waals surface area contributed by atoms with Crippen molar-refractivity contribution >= 4 is 40.7 Å². The molecule has 0 N–H and O–H groups in total. The van der Waals surface area contributed by atoms with E-state index in [0.29, 0.717) is 18.0 Å². The van der Waals surface area contributed by atoms with Gasteiger partial charge in [-0.2, -0.15) is 0 Å². The summed E-state index contributed by atoms with van der Waals surface area (Å²) in [6.07, 6.45) is 1.15. The molecule has 0 aliphatic carbocycles. The Hall–Kier alpha value is -2.11. The summed E-state index contributed by atoms with van der Waals surface area (Å²) in [5.41, 5.74) is 0.243. The summed E-state index contributed by atoms with van der Waals surface area (Å²) in [5.74, 6) is -1.13. The number of halogens is 3. The first-order chi connectivity index (χ1) is 12.0. The van der Waals surface area contributed by atoms with E-state index in [9.17, 15) is 14.0 Å². The van der Waals surface area contributed by atoms with Gasteiger partial charge in [0.05, 0.1) is 16.3 Å². The molecular weight excluding hydrogens is 366 g/mol. The van der Waals surface area contributed by atoms with Gasteiger partial charge in [0.1, 0.15) is 12.5 Å². The predicted octanol–water partition coefficient (Wildman–Crippen LogP) is 4.36. The second-order valence-electron chi connectivity index (χ2n) is 5.71. The summed E-state index contributed by atoms with van der Waals surface area (Å²) in [6.45, 7) is 0.488. The van der Waals surface area contributed by atoms with Crippen molar-refractivity contribution < 1.29 is 14.0 Å². The van der Waals surface area contributed by atoms with Gasteiger partial charge >= 0.3 is 0 Å². The molecule has 1 heterocycles. The number of para-hydroxylation sites is 1. The highest BCUT2D eigenvalue weighted by Crippen LogP contribution is 2.27. The lowest BCUT2D eigenvalue weighted by Crippen LogP contribution is -2.42. The molecule has 2 aromatic rings. The molecule has 1 fully saturated rings. The van der Waals surface area contributed by atoms with Crippen molar-refractivity contribution in [3.05, 3.63) is 63.9 Å². The molecule has 0 spiro atoms. The molecule has 0 saturated carbocycles. The van der Waals surface area contributed by atoms with E-state index in [2.05, 4.69) is 0 Å². The van der Waals surface area contributed by atoms with Gasteiger partial charge in [-0.1, -0.05) is 35.3 Å². The number of nitrogens with zero attached hydrogens (tertiary/aromatic N) is 2. The molecule has 0 bridgehead atoms. The molecule has 1 saturated heterocycles. The molecule has 7 heteroatoms. The van der Waals surface area contributed by atoms with Gasteiger partial charge in [0.2, 0.25) is 5.91 Å². The third-order valence-electron chi connectivity index (χ3n) is 4.03. The Morgan fingerprint density at radius 2 is 1.96 bits per heavy atom. The fourth-order valence-corrected chi connectivity index (χ4v) is 3.12. The lowest BCUT2D eigenvalue weighted by atomic mass is 10.1. The number of hydrogen-bond acceptors (Lipinski definition) is 2. The SMILES string of the molecule is O=C1CCCN1CN(C(=O)c1cc(Cl)ccc1Cl)c1ccccc1F. The van der Waals surface area contributed by atoms with Gasteiger partial charge in [0.25, 0.3) is 5.91 Å². The minimum Gasteiger partial charge on any atom is -0.324 e. The molecule has 0 radical (unpaired) electrons. The first-order valence-corrected chi connectivity index (χ1v) is 8.52. The number of anilines is 1. The van der Waals surface area contributed by atoms with Crippen LogP contribution in [0.2, 0.25) is 10.0 Å². The van der Waals surface area contributed by atoms with Crippen LogP contribution in [-0.4, -0.2) is 29.9 Å². The minimum atomic E-state index is -0.555. The minimum absolute atomic E-state index is 0.0402. The number of carbonyl (C=O) groups is 2. The molecular formula is C18H15Cl2FN2O2. The molecule has 0 unspecified atom stereocenters. The molecule has 4 nitrogen and oxygen atoms in total. The molecule has 2 aromatic carbocycles. The zero-order valence-corrected chi connectivity index (χ0v) is 14.7. The molecule has 25 heavy (non-hydrogen) atoms. The summed E-state index contributed by atoms with van der Waals surface area (Å²) in [6, 6.07) is 10.4. The molecule has 3 rings (SSSR count). The van der Waals surface area contributed by atoms with Crippen LogP contribution in [0, 0.1) is 5.82 Å². The largest absolute Gasteiger partial charge is 0.324 e. The number of rotatable bonds is 4. The molecule has 1 aliphatic rings. The average Bonchev–Trinajstić information content (AvgIpc) is 3.00. The lowest BCUT2D eigenvalue weighted by Gasteiger charge is -2.28. The number of amides is 2. The smallest absolute Gasteiger partial charge is 0.261 e. The number of benzene rings is 2. The fraction of sp³-hybridized carbons (Fsp3) is 0.222. The van der Waals surface area contributed by atoms with Crippen molar-refractivity contribution in [1.82, 2.24) is 4.90 Å². The highest BCUT2D eigenvalue weighted by molar-refractivity contribution is 6.36. The maximum absolute atomic E-state index is 14.3. The van der Waals surface area contributed by atoms with Gasteiger partial charge in [0, 0.05) is 18.0 Å². The van der Waals surface area contributed by atoms with E-state index in [1.54, 1.807) is 12.1 Å². The zero-order chi connectivity index (χ0) is 18.0. The van der Waals surface area contributed by atoms with Gasteiger partial charge in [0.15, 0.2) is 0 Å². The summed E-state index contributed by atoms with van der Waals surface area (Å²) in [5, 5.41) is 0.557. The monoisotopic (exact) mass is 380 g/mol. The molecule has 2 amide bonds. The van der Waals surface area contributed by atoms with Crippen LogP contribution in [0.1, 0.15) is 23.2 Å². The van der Waals surface area contributed by atoms with Crippen LogP contribution in [0.5, 0.6) is 0 Å². The van der Waals surface area contributed by atoms with Crippen molar-refractivity contribution in [3.63, 3.8) is 0 Å². The molecule has 1 aliphatic heterocycles. The van der Waals surface area contributed by atoms with Crippen molar-refractivity contribution in [2.24, 2.45) is 0 Å². The number of hydrogen-bond donors (Lipinski definition) is 0. The van der Waals surface area contributed by atoms with Crippen molar-refractivity contribution in [2.45, 2.75) is 12.8 Å². The number of carbonyl (C=O) groups excluding carboxylic acids is 2. The molecule has 0 aromatic heterocycles. The highest BCUT2D eigenvalue weighted by Gasteiger charge is 2.28. The van der Waals surface area contributed by atoms with E-state index in [0.717, 1.165) is 6.42 Å². The quantitative estimate of drug-likeness (QED) is 0.790. The average molecular weight is 381 g/mol. The zero-order valence-electron chi connectivity index (χ0n) is 13.2. The van der Waals surface area contributed by atoms with E-state index in [1.165, 1.54) is 40.1 Å². The van der Waals surface area contributed by atoms with Crippen molar-refractivity contribution in [2.75, 3.05) is 18.1 Å². The van der Waals surface area contributed by atoms with Crippen LogP contribution >= 0.6 is 23.2 Å². The van der Waals surface area contributed by atoms with Gasteiger partial charge < -0.3 is 4.90 Å². The van der Waals surface area contributed by atoms with Gasteiger partial charge in [-0.05, 0) is 36.8 Å². The predicted molar refractivity (Wildman–Crippen MR) is 95.5 cm³/mol. The molecule has 130 valence electrons. The van der Waals surface area contributed by atoms with Crippen LogP contribution in [0.15, 0.2) is 42.5 Å². The van der Waals surface area contributed by atoms with Crippen LogP contribution in [0.4, 0.5) is 10.1 Å². The van der Waals surface area contributed by atoms with Crippen molar-refractivity contribution in [3.8, 4) is 0 Å². The third-order valence-corrected chi connectivity index (χ3v) is 4.60. The van der Waals surface area contributed by atoms with Crippen LogP contribution in [0.25, 0.3) is 0 Å². The Morgan fingerprint density at radius 1 is 1.20 bits per heavy atom. The van der Waals surface area contributed by atoms with E-state index in [4.69, 9.17) is 23.2 Å². The van der Waals surface area contributed by atoms with Crippen molar-refractivity contribution in [1.29, 1.82) is 0 Å². The topological polar surface area (TPSA) is 40.6 Å². The van der Waals surface area contributed by atoms with E-state index in [-0.39, 0.29) is 28.8 Å². The Bertz CT molecular complexity index is 828. The van der Waals surface area contributed by atoms with Crippen LogP contribution in [-0.2, 0) is 4.79 Å². The van der Waals surface area contributed by atoms with Gasteiger partial charge in [-0.25, -0.2) is 4.39 Å². The summed E-state index contributed by atoms with van der Waals surface area (Å²) in [7, 11) is 0. The lowest BCUT2D eigenvalue weighted by molar-refractivity contribution is -0.127. The van der Waals surface area contributed by atoms with E-state index >= 15 is 0 Å². The number of likely N-dealkylation sites (tertiary alicyclic amines) is 1. The second-order valence-corrected chi connectivity index (χ2v) is 6.55. The second kappa shape index (κ2) is 7.42. The van der Waals surface area contributed by atoms with Gasteiger partial charge in [-0.15, -0.1) is 0 Å². The van der Waals surface area contributed by atoms with Crippen LogP contribution < -0.4 is 4.90 Å². The van der Waals surface area contributed by atoms with E-state index in [1.807, 2.05) is 0 Å². The Kier molecular flexibility index (Phi) is 5.25. The normalized spacial score (nSPS) is 14.0. The van der Waals surface area contributed by atoms with Gasteiger partial charge in [-0.3, -0.25) is 14.5 Å².